The molecule has 20 heavy (non-hydrogen) atoms. The van der Waals surface area contributed by atoms with Gasteiger partial charge in [-0.1, -0.05) is 15.9 Å². The van der Waals surface area contributed by atoms with Crippen molar-refractivity contribution in [1.82, 2.24) is 5.32 Å². The summed E-state index contributed by atoms with van der Waals surface area (Å²) in [7, 11) is 1.39. The first-order valence-corrected chi connectivity index (χ1v) is 7.55. The summed E-state index contributed by atoms with van der Waals surface area (Å²) in [4.78, 5) is 23.8. The molecule has 1 aromatic carbocycles. The quantitative estimate of drug-likeness (QED) is 0.727. The second kappa shape index (κ2) is 8.28. The molecule has 0 aliphatic rings. The molecule has 0 spiro atoms. The molecule has 0 heterocycles. The third-order valence-electron chi connectivity index (χ3n) is 2.44. The summed E-state index contributed by atoms with van der Waals surface area (Å²) in [6, 6.07) is 6.53. The Morgan fingerprint density at radius 1 is 1.40 bits per heavy atom. The fraction of sp³-hybridized carbons (Fsp3) is 0.385. The summed E-state index contributed by atoms with van der Waals surface area (Å²) < 4.78 is 5.73. The van der Waals surface area contributed by atoms with Crippen molar-refractivity contribution in [3.8, 4) is 0 Å². The fourth-order valence-corrected chi connectivity index (χ4v) is 2.54. The minimum Gasteiger partial charge on any atom is -0.480 e. The molecule has 0 saturated heterocycles. The third-order valence-corrected chi connectivity index (χ3v) is 4.08. The number of benzene rings is 1. The lowest BCUT2D eigenvalue weighted by Gasteiger charge is -2.17. The summed E-state index contributed by atoms with van der Waals surface area (Å²) in [6.07, 6.45) is 0. The Bertz CT molecular complexity index is 466. The molecule has 1 aromatic rings. The van der Waals surface area contributed by atoms with Crippen molar-refractivity contribution in [3.63, 3.8) is 0 Å². The van der Waals surface area contributed by atoms with Gasteiger partial charge in [0.25, 0.3) is 0 Å². The number of carbonyl (C=O) groups excluding carboxylic acids is 1. The van der Waals surface area contributed by atoms with E-state index < -0.39 is 17.3 Å². The van der Waals surface area contributed by atoms with E-state index in [1.807, 2.05) is 24.3 Å². The molecule has 2 unspecified atom stereocenters. The van der Waals surface area contributed by atoms with Gasteiger partial charge in [0.05, 0.1) is 11.9 Å². The number of aliphatic carboxylic acids is 1. The number of hydrogen-bond donors (Lipinski definition) is 2. The Hall–Kier alpha value is -1.05. The first kappa shape index (κ1) is 17.0. The van der Waals surface area contributed by atoms with Gasteiger partial charge in [-0.3, -0.25) is 4.79 Å². The molecule has 2 atom stereocenters. The van der Waals surface area contributed by atoms with Crippen molar-refractivity contribution in [2.45, 2.75) is 23.1 Å². The van der Waals surface area contributed by atoms with E-state index >= 15 is 0 Å². The first-order valence-electron chi connectivity index (χ1n) is 5.88. The van der Waals surface area contributed by atoms with Gasteiger partial charge < -0.3 is 15.2 Å². The van der Waals surface area contributed by atoms with Crippen LogP contribution < -0.4 is 5.32 Å². The Morgan fingerprint density at radius 2 is 2.00 bits per heavy atom. The summed E-state index contributed by atoms with van der Waals surface area (Å²) in [5.41, 5.74) is 0. The fourth-order valence-electron chi connectivity index (χ4n) is 1.40. The van der Waals surface area contributed by atoms with Gasteiger partial charge in [-0.15, -0.1) is 11.8 Å². The van der Waals surface area contributed by atoms with E-state index in [2.05, 4.69) is 21.2 Å². The molecular weight excluding hydrogens is 346 g/mol. The van der Waals surface area contributed by atoms with E-state index in [1.165, 1.54) is 18.9 Å². The molecule has 7 heteroatoms. The molecule has 1 amide bonds. The van der Waals surface area contributed by atoms with Crippen molar-refractivity contribution in [2.75, 3.05) is 13.7 Å². The van der Waals surface area contributed by atoms with Crippen LogP contribution in [0.25, 0.3) is 0 Å². The van der Waals surface area contributed by atoms with Crippen LogP contribution in [0.5, 0.6) is 0 Å². The minimum atomic E-state index is -1.11. The summed E-state index contributed by atoms with van der Waals surface area (Å²) in [5, 5.41) is 11.0. The maximum absolute atomic E-state index is 11.9. The highest BCUT2D eigenvalue weighted by atomic mass is 79.9. The standard InChI is InChI=1S/C13H16BrNO4S/c1-8(20-10-5-3-9(14)4-6-10)12(16)15-11(7-19-2)13(17)18/h3-6,8,11H,7H2,1-2H3,(H,15,16)(H,17,18). The van der Waals surface area contributed by atoms with Gasteiger partial charge >= 0.3 is 5.97 Å². The predicted molar refractivity (Wildman–Crippen MR) is 80.9 cm³/mol. The number of carbonyl (C=O) groups is 2. The molecule has 0 aliphatic heterocycles. The molecule has 0 radical (unpaired) electrons. The van der Waals surface area contributed by atoms with E-state index in [4.69, 9.17) is 9.84 Å². The van der Waals surface area contributed by atoms with Crippen LogP contribution in [0.15, 0.2) is 33.6 Å². The normalized spacial score (nSPS) is 13.6. The highest BCUT2D eigenvalue weighted by Gasteiger charge is 2.23. The van der Waals surface area contributed by atoms with Crippen LogP contribution in [0.2, 0.25) is 0 Å². The van der Waals surface area contributed by atoms with Crippen molar-refractivity contribution in [2.24, 2.45) is 0 Å². The summed E-state index contributed by atoms with van der Waals surface area (Å²) in [6.45, 7) is 1.67. The Balaban J connectivity index is 2.57. The van der Waals surface area contributed by atoms with Crippen molar-refractivity contribution in [3.05, 3.63) is 28.7 Å². The van der Waals surface area contributed by atoms with Crippen molar-refractivity contribution in [1.29, 1.82) is 0 Å². The number of thioether (sulfide) groups is 1. The molecule has 1 rings (SSSR count). The van der Waals surface area contributed by atoms with Gasteiger partial charge in [-0.05, 0) is 31.2 Å². The van der Waals surface area contributed by atoms with Crippen LogP contribution >= 0.6 is 27.7 Å². The minimum absolute atomic E-state index is 0.0588. The van der Waals surface area contributed by atoms with Gasteiger partial charge in [-0.25, -0.2) is 4.79 Å². The lowest BCUT2D eigenvalue weighted by atomic mass is 10.3. The average Bonchev–Trinajstić information content (AvgIpc) is 2.40. The summed E-state index contributed by atoms with van der Waals surface area (Å²) in [5.74, 6) is -1.44. The van der Waals surface area contributed by atoms with Crippen LogP contribution in [0, 0.1) is 0 Å². The van der Waals surface area contributed by atoms with E-state index in [-0.39, 0.29) is 12.5 Å². The average molecular weight is 362 g/mol. The monoisotopic (exact) mass is 361 g/mol. The van der Waals surface area contributed by atoms with Crippen LogP contribution in [0.1, 0.15) is 6.92 Å². The number of methoxy groups -OCH3 is 1. The maximum Gasteiger partial charge on any atom is 0.328 e. The Kier molecular flexibility index (Phi) is 7.04. The van der Waals surface area contributed by atoms with E-state index in [9.17, 15) is 9.59 Å². The van der Waals surface area contributed by atoms with Crippen LogP contribution in [-0.4, -0.2) is 42.0 Å². The lowest BCUT2D eigenvalue weighted by Crippen LogP contribution is -2.46. The number of amides is 1. The predicted octanol–water partition coefficient (Wildman–Crippen LogP) is 2.15. The lowest BCUT2D eigenvalue weighted by molar-refractivity contribution is -0.143. The van der Waals surface area contributed by atoms with Gasteiger partial charge in [0.1, 0.15) is 0 Å². The van der Waals surface area contributed by atoms with Crippen molar-refractivity contribution < 1.29 is 19.4 Å². The SMILES string of the molecule is COCC(NC(=O)C(C)Sc1ccc(Br)cc1)C(=O)O. The van der Waals surface area contributed by atoms with Gasteiger partial charge in [0.2, 0.25) is 5.91 Å². The third kappa shape index (κ3) is 5.52. The number of halogens is 1. The molecule has 2 N–H and O–H groups in total. The number of nitrogens with one attached hydrogen (secondary N) is 1. The second-order valence-corrected chi connectivity index (χ2v) is 6.40. The first-order chi connectivity index (χ1) is 9.43. The summed E-state index contributed by atoms with van der Waals surface area (Å²) >= 11 is 4.70. The second-order valence-electron chi connectivity index (χ2n) is 4.07. The molecule has 0 aliphatic carbocycles. The number of rotatable bonds is 7. The largest absolute Gasteiger partial charge is 0.480 e. The topological polar surface area (TPSA) is 75.6 Å². The zero-order valence-corrected chi connectivity index (χ0v) is 13.5. The highest BCUT2D eigenvalue weighted by Crippen LogP contribution is 2.24. The highest BCUT2D eigenvalue weighted by molar-refractivity contribution is 9.10. The molecule has 0 bridgehead atoms. The number of hydrogen-bond acceptors (Lipinski definition) is 4. The zero-order valence-electron chi connectivity index (χ0n) is 11.1. The van der Waals surface area contributed by atoms with Gasteiger partial charge in [0.15, 0.2) is 6.04 Å². The number of carboxylic acids is 1. The molecule has 0 saturated carbocycles. The van der Waals surface area contributed by atoms with Crippen LogP contribution in [0.3, 0.4) is 0 Å². The van der Waals surface area contributed by atoms with Gasteiger partial charge in [-0.2, -0.15) is 0 Å². The molecular formula is C13H16BrNO4S. The molecule has 110 valence electrons. The van der Waals surface area contributed by atoms with Crippen LogP contribution in [0.4, 0.5) is 0 Å². The van der Waals surface area contributed by atoms with Crippen molar-refractivity contribution >= 4 is 39.6 Å². The Morgan fingerprint density at radius 3 is 2.50 bits per heavy atom. The van der Waals surface area contributed by atoms with E-state index in [0.29, 0.717) is 0 Å². The van der Waals surface area contributed by atoms with Crippen LogP contribution in [-0.2, 0) is 14.3 Å². The molecule has 0 fully saturated rings. The number of ether oxygens (including phenoxy) is 1. The Labute approximate surface area is 130 Å². The number of carboxylic acid groups (broad SMARTS) is 1. The zero-order chi connectivity index (χ0) is 15.1. The maximum atomic E-state index is 11.9. The molecule has 5 nitrogen and oxygen atoms in total. The van der Waals surface area contributed by atoms with E-state index in [0.717, 1.165) is 9.37 Å². The van der Waals surface area contributed by atoms with E-state index in [1.54, 1.807) is 6.92 Å². The van der Waals surface area contributed by atoms with Gasteiger partial charge in [0, 0.05) is 16.5 Å². The smallest absolute Gasteiger partial charge is 0.328 e. The molecule has 0 aromatic heterocycles.